The largest absolute Gasteiger partial charge is 0.480 e. The number of carbonyl (C=O) groups excluding carboxylic acids is 1. The van der Waals surface area contributed by atoms with Gasteiger partial charge < -0.3 is 10.0 Å². The second kappa shape index (κ2) is 6.04. The van der Waals surface area contributed by atoms with E-state index in [1.165, 1.54) is 0 Å². The van der Waals surface area contributed by atoms with Crippen molar-refractivity contribution in [1.82, 2.24) is 19.6 Å². The van der Waals surface area contributed by atoms with Crippen LogP contribution in [0.5, 0.6) is 0 Å². The fourth-order valence-electron chi connectivity index (χ4n) is 2.50. The van der Waals surface area contributed by atoms with Crippen LogP contribution in [-0.4, -0.2) is 69.3 Å². The first-order valence-electron chi connectivity index (χ1n) is 6.71. The highest BCUT2D eigenvalue weighted by Gasteiger charge is 2.23. The van der Waals surface area contributed by atoms with E-state index in [1.807, 2.05) is 11.8 Å². The molecule has 0 unspecified atom stereocenters. The van der Waals surface area contributed by atoms with Crippen LogP contribution in [0, 0.1) is 6.92 Å². The van der Waals surface area contributed by atoms with Gasteiger partial charge in [-0.2, -0.15) is 5.10 Å². The van der Waals surface area contributed by atoms with E-state index in [0.29, 0.717) is 31.9 Å². The Labute approximate surface area is 117 Å². The lowest BCUT2D eigenvalue weighted by atomic mass is 10.3. The summed E-state index contributed by atoms with van der Waals surface area (Å²) in [6, 6.07) is 1.78. The zero-order valence-electron chi connectivity index (χ0n) is 11.9. The van der Waals surface area contributed by atoms with Gasteiger partial charge in [-0.05, 0) is 19.4 Å². The molecule has 2 rings (SSSR count). The van der Waals surface area contributed by atoms with Gasteiger partial charge in [0, 0.05) is 33.2 Å². The molecular weight excluding hydrogens is 260 g/mol. The number of hydrogen-bond acceptors (Lipinski definition) is 4. The maximum absolute atomic E-state index is 12.4. The lowest BCUT2D eigenvalue weighted by Crippen LogP contribution is -2.37. The second-order valence-electron chi connectivity index (χ2n) is 5.11. The summed E-state index contributed by atoms with van der Waals surface area (Å²) in [4.78, 5) is 26.8. The van der Waals surface area contributed by atoms with Crippen molar-refractivity contribution in [3.63, 3.8) is 0 Å². The number of rotatable bonds is 3. The minimum absolute atomic E-state index is 0.0346. The molecule has 1 fully saturated rings. The van der Waals surface area contributed by atoms with Gasteiger partial charge in [-0.1, -0.05) is 0 Å². The van der Waals surface area contributed by atoms with E-state index < -0.39 is 5.97 Å². The van der Waals surface area contributed by atoms with Crippen molar-refractivity contribution in [3.8, 4) is 0 Å². The predicted molar refractivity (Wildman–Crippen MR) is 72.5 cm³/mol. The molecule has 1 N–H and O–H groups in total. The van der Waals surface area contributed by atoms with Crippen molar-refractivity contribution in [1.29, 1.82) is 0 Å². The molecule has 0 radical (unpaired) electrons. The van der Waals surface area contributed by atoms with E-state index >= 15 is 0 Å². The summed E-state index contributed by atoms with van der Waals surface area (Å²) < 4.78 is 1.59. The number of aromatic nitrogens is 2. The van der Waals surface area contributed by atoms with E-state index in [2.05, 4.69) is 5.10 Å². The molecule has 1 aliphatic heterocycles. The Hall–Kier alpha value is -1.89. The molecular formula is C13H20N4O3. The van der Waals surface area contributed by atoms with Crippen LogP contribution in [-0.2, 0) is 11.8 Å². The minimum atomic E-state index is -0.827. The Kier molecular flexibility index (Phi) is 4.39. The SMILES string of the molecule is Cc1cc(C(=O)N2CCCN(CC(=O)O)CC2)n(C)n1. The molecule has 7 nitrogen and oxygen atoms in total. The van der Waals surface area contributed by atoms with Gasteiger partial charge in [0.25, 0.3) is 5.91 Å². The van der Waals surface area contributed by atoms with Gasteiger partial charge in [-0.15, -0.1) is 0 Å². The second-order valence-corrected chi connectivity index (χ2v) is 5.11. The van der Waals surface area contributed by atoms with E-state index in [1.54, 1.807) is 22.7 Å². The lowest BCUT2D eigenvalue weighted by molar-refractivity contribution is -0.138. The minimum Gasteiger partial charge on any atom is -0.480 e. The Morgan fingerprint density at radius 1 is 1.30 bits per heavy atom. The van der Waals surface area contributed by atoms with Crippen LogP contribution in [0.3, 0.4) is 0 Å². The van der Waals surface area contributed by atoms with Gasteiger partial charge >= 0.3 is 5.97 Å². The van der Waals surface area contributed by atoms with Crippen LogP contribution in [0.15, 0.2) is 6.07 Å². The molecule has 110 valence electrons. The highest BCUT2D eigenvalue weighted by molar-refractivity contribution is 5.92. The van der Waals surface area contributed by atoms with E-state index in [0.717, 1.165) is 12.1 Å². The lowest BCUT2D eigenvalue weighted by Gasteiger charge is -2.21. The molecule has 0 aliphatic carbocycles. The summed E-state index contributed by atoms with van der Waals surface area (Å²) in [7, 11) is 1.76. The standard InChI is InChI=1S/C13H20N4O3/c1-10-8-11(15(2)14-10)13(20)17-5-3-4-16(6-7-17)9-12(18)19/h8H,3-7,9H2,1-2H3,(H,18,19). The third-order valence-corrected chi connectivity index (χ3v) is 3.46. The van der Waals surface area contributed by atoms with Crippen molar-refractivity contribution in [2.75, 3.05) is 32.7 Å². The number of amides is 1. The Bertz CT molecular complexity index is 512. The Balaban J connectivity index is 2.01. The van der Waals surface area contributed by atoms with Gasteiger partial charge in [-0.3, -0.25) is 19.2 Å². The zero-order chi connectivity index (χ0) is 14.7. The summed E-state index contributed by atoms with van der Waals surface area (Å²) in [6.45, 7) is 4.39. The number of carboxylic acids is 1. The van der Waals surface area contributed by atoms with Crippen LogP contribution in [0.1, 0.15) is 22.6 Å². The summed E-state index contributed by atoms with van der Waals surface area (Å²) in [5, 5.41) is 13.0. The summed E-state index contributed by atoms with van der Waals surface area (Å²) in [6.07, 6.45) is 0.788. The van der Waals surface area contributed by atoms with Crippen LogP contribution in [0.4, 0.5) is 0 Å². The molecule has 2 heterocycles. The van der Waals surface area contributed by atoms with Crippen molar-refractivity contribution in [2.24, 2.45) is 7.05 Å². The average molecular weight is 280 g/mol. The molecule has 1 aromatic rings. The van der Waals surface area contributed by atoms with E-state index in [4.69, 9.17) is 5.11 Å². The van der Waals surface area contributed by atoms with Gasteiger partial charge in [0.15, 0.2) is 0 Å². The monoisotopic (exact) mass is 280 g/mol. The summed E-state index contributed by atoms with van der Waals surface area (Å²) >= 11 is 0. The normalized spacial score (nSPS) is 17.0. The molecule has 0 saturated carbocycles. The number of carboxylic acid groups (broad SMARTS) is 1. The van der Waals surface area contributed by atoms with E-state index in [9.17, 15) is 9.59 Å². The van der Waals surface area contributed by atoms with Gasteiger partial charge in [0.05, 0.1) is 12.2 Å². The van der Waals surface area contributed by atoms with Crippen LogP contribution >= 0.6 is 0 Å². The molecule has 0 spiro atoms. The van der Waals surface area contributed by atoms with E-state index in [-0.39, 0.29) is 12.5 Å². The molecule has 1 aromatic heterocycles. The fraction of sp³-hybridized carbons (Fsp3) is 0.615. The maximum Gasteiger partial charge on any atom is 0.317 e. The number of nitrogens with zero attached hydrogens (tertiary/aromatic N) is 4. The molecule has 20 heavy (non-hydrogen) atoms. The van der Waals surface area contributed by atoms with Crippen LogP contribution in [0.2, 0.25) is 0 Å². The van der Waals surface area contributed by atoms with Crippen molar-refractivity contribution in [3.05, 3.63) is 17.5 Å². The summed E-state index contributed by atoms with van der Waals surface area (Å²) in [5.41, 5.74) is 1.40. The molecule has 1 amide bonds. The molecule has 1 aliphatic rings. The van der Waals surface area contributed by atoms with Crippen molar-refractivity contribution in [2.45, 2.75) is 13.3 Å². The highest BCUT2D eigenvalue weighted by atomic mass is 16.4. The quantitative estimate of drug-likeness (QED) is 0.840. The summed E-state index contributed by atoms with van der Waals surface area (Å²) in [5.74, 6) is -0.864. The molecule has 1 saturated heterocycles. The number of hydrogen-bond donors (Lipinski definition) is 1. The Morgan fingerprint density at radius 3 is 2.65 bits per heavy atom. The van der Waals surface area contributed by atoms with Gasteiger partial charge in [0.2, 0.25) is 0 Å². The molecule has 0 bridgehead atoms. The molecule has 7 heteroatoms. The highest BCUT2D eigenvalue weighted by Crippen LogP contribution is 2.10. The Morgan fingerprint density at radius 2 is 2.05 bits per heavy atom. The third kappa shape index (κ3) is 3.36. The smallest absolute Gasteiger partial charge is 0.317 e. The average Bonchev–Trinajstić information content (AvgIpc) is 2.58. The number of aliphatic carboxylic acids is 1. The topological polar surface area (TPSA) is 78.7 Å². The first kappa shape index (κ1) is 14.5. The van der Waals surface area contributed by atoms with Gasteiger partial charge in [0.1, 0.15) is 5.69 Å². The first-order chi connectivity index (χ1) is 9.47. The number of carbonyl (C=O) groups is 2. The molecule has 0 aromatic carbocycles. The van der Waals surface area contributed by atoms with Crippen LogP contribution < -0.4 is 0 Å². The first-order valence-corrected chi connectivity index (χ1v) is 6.71. The van der Waals surface area contributed by atoms with Crippen LogP contribution in [0.25, 0.3) is 0 Å². The van der Waals surface area contributed by atoms with Gasteiger partial charge in [-0.25, -0.2) is 0 Å². The fourth-order valence-corrected chi connectivity index (χ4v) is 2.50. The van der Waals surface area contributed by atoms with Crippen molar-refractivity contribution < 1.29 is 14.7 Å². The predicted octanol–water partition coefficient (Wildman–Crippen LogP) is -0.0390. The molecule has 0 atom stereocenters. The maximum atomic E-state index is 12.4. The van der Waals surface area contributed by atoms with Crippen molar-refractivity contribution >= 4 is 11.9 Å². The third-order valence-electron chi connectivity index (χ3n) is 3.46. The zero-order valence-corrected chi connectivity index (χ0v) is 11.9. The number of aryl methyl sites for hydroxylation is 2.